The molecule has 0 spiro atoms. The molecule has 0 atom stereocenters. The van der Waals surface area contributed by atoms with Crippen molar-refractivity contribution in [3.05, 3.63) is 399 Å². The Hall–Kier alpha value is -11.8. The average Bonchev–Trinajstić information content (AvgIpc) is 0.702. The van der Waals surface area contributed by atoms with Crippen LogP contribution in [0, 0.1) is 0 Å². The molecule has 0 aliphatic carbocycles. The highest BCUT2D eigenvalue weighted by atomic mass is 28.3. The van der Waals surface area contributed by atoms with Gasteiger partial charge in [-0.15, -0.1) is 0 Å². The molecule has 0 aromatic heterocycles. The number of hydrogen-bond donors (Lipinski definition) is 0. The van der Waals surface area contributed by atoms with Gasteiger partial charge in [-0.1, -0.05) is 347 Å². The van der Waals surface area contributed by atoms with Crippen molar-refractivity contribution in [1.82, 2.24) is 0 Å². The van der Waals surface area contributed by atoms with Crippen LogP contribution in [0.2, 0.25) is 0 Å². The van der Waals surface area contributed by atoms with E-state index in [1.807, 2.05) is 0 Å². The molecule has 0 radical (unpaired) electrons. The fraction of sp³-hybridized carbons (Fsp3) is 0.0323. The van der Waals surface area contributed by atoms with E-state index < -0.39 is 16.1 Å². The molecular weight excluding hydrogens is 1230 g/mol. The summed E-state index contributed by atoms with van der Waals surface area (Å²) in [5, 5.41) is 10.7. The summed E-state index contributed by atoms with van der Waals surface area (Å²) in [6.45, 7) is 4.55. The molecule has 0 saturated heterocycles. The number of nitrogens with zero attached hydrogens (tertiary/aromatic N) is 3. The lowest BCUT2D eigenvalue weighted by molar-refractivity contribution is 0.632. The molecule has 0 fully saturated rings. The molecule has 3 aliphatic heterocycles. The predicted molar refractivity (Wildman–Crippen MR) is 425 cm³/mol. The van der Waals surface area contributed by atoms with Crippen LogP contribution in [0.1, 0.15) is 25.0 Å². The van der Waals surface area contributed by atoms with E-state index >= 15 is 0 Å². The lowest BCUT2D eigenvalue weighted by Crippen LogP contribution is -2.75. The lowest BCUT2D eigenvalue weighted by atomic mass is 9.33. The maximum atomic E-state index is 2.66. The Morgan fingerprint density at radius 1 is 0.232 bits per heavy atom. The Kier molecular flexibility index (Phi) is 14.7. The molecular formula is C93H70BN3Si2. The standard InChI is InChI=1S/C93H70BN3Si2/c1-93(2)81-50-28-31-53-86(81)96(87-54-32-29-51-82(87)93)71-64-90-92-91(65-71)97(85-52-30-27-49-80(85)68-35-13-4-14-36-68)88-62-60-79(99(75-43-21-8-22-44-75,76-45-23-9-24-46-76)77-47-25-10-26-48-77)66-84(88)94(92)83-61-55-69(67-33-11-3-12-34-67)63-89(83)95(90)70-56-58-78(59-57-70)98(72-37-15-5-16-38-72,73-39-17-6-18-40-73)74-41-19-7-20-42-74/h3-66H,1-2H3. The SMILES string of the molecule is CC1(C)c2ccccc2N(c2cc3c4c(c2)N(c2ccccc2-c2ccccc2)c2ccc([Si](c5ccccc5)(c5ccccc5)c5ccccc5)cc2B4c2ccc(-c4ccccc4)cc2N3c2ccc([Si](c3ccccc3)(c3ccccc3)c3ccccc3)cc2)c2ccccc21. The molecule has 3 aliphatic rings. The molecule has 6 heteroatoms. The largest absolute Gasteiger partial charge is 0.311 e. The zero-order chi connectivity index (χ0) is 66.1. The number of para-hydroxylation sites is 3. The van der Waals surface area contributed by atoms with Crippen LogP contribution in [0.4, 0.5) is 51.2 Å². The third-order valence-electron chi connectivity index (χ3n) is 21.5. The third-order valence-corrected chi connectivity index (χ3v) is 31.1. The Morgan fingerprint density at radius 2 is 0.606 bits per heavy atom. The van der Waals surface area contributed by atoms with Crippen molar-refractivity contribution < 1.29 is 0 Å². The molecule has 3 heterocycles. The monoisotopic (exact) mass is 1300 g/mol. The summed E-state index contributed by atoms with van der Waals surface area (Å²) >= 11 is 0. The van der Waals surface area contributed by atoms with Gasteiger partial charge in [-0.2, -0.15) is 0 Å². The first-order valence-electron chi connectivity index (χ1n) is 34.6. The van der Waals surface area contributed by atoms with Crippen molar-refractivity contribution in [3.63, 3.8) is 0 Å². The molecule has 15 aromatic rings. The lowest BCUT2D eigenvalue weighted by Gasteiger charge is -2.47. The summed E-state index contributed by atoms with van der Waals surface area (Å²) < 4.78 is 0. The van der Waals surface area contributed by atoms with E-state index in [-0.39, 0.29) is 12.1 Å². The summed E-state index contributed by atoms with van der Waals surface area (Å²) in [5.74, 6) is 0. The molecule has 15 aromatic carbocycles. The average molecular weight is 1300 g/mol. The van der Waals surface area contributed by atoms with E-state index in [0.717, 1.165) is 56.5 Å². The van der Waals surface area contributed by atoms with E-state index in [2.05, 4.69) is 417 Å². The fourth-order valence-corrected chi connectivity index (χ4v) is 26.7. The van der Waals surface area contributed by atoms with Gasteiger partial charge < -0.3 is 14.7 Å². The second-order valence-electron chi connectivity index (χ2n) is 27.0. The van der Waals surface area contributed by atoms with Crippen LogP contribution in [0.25, 0.3) is 22.3 Å². The second kappa shape index (κ2) is 24.4. The molecule has 0 bridgehead atoms. The molecule has 3 nitrogen and oxygen atoms in total. The highest BCUT2D eigenvalue weighted by molar-refractivity contribution is 7.20. The van der Waals surface area contributed by atoms with Crippen molar-refractivity contribution in [2.24, 2.45) is 0 Å². The number of rotatable bonds is 13. The van der Waals surface area contributed by atoms with Gasteiger partial charge in [0.25, 0.3) is 6.71 Å². The van der Waals surface area contributed by atoms with Gasteiger partial charge in [0.2, 0.25) is 0 Å². The van der Waals surface area contributed by atoms with Crippen LogP contribution in [0.3, 0.4) is 0 Å². The Balaban J connectivity index is 0.976. The van der Waals surface area contributed by atoms with Crippen molar-refractivity contribution in [1.29, 1.82) is 0 Å². The van der Waals surface area contributed by atoms with Crippen molar-refractivity contribution in [3.8, 4) is 22.3 Å². The number of fused-ring (bicyclic) bond motifs is 6. The van der Waals surface area contributed by atoms with E-state index in [1.165, 1.54) is 85.9 Å². The fourth-order valence-electron chi connectivity index (χ4n) is 17.2. The predicted octanol–water partition coefficient (Wildman–Crippen LogP) is 16.0. The Bertz CT molecular complexity index is 5230. The molecule has 0 N–H and O–H groups in total. The summed E-state index contributed by atoms with van der Waals surface area (Å²) in [7, 11) is -6.04. The first-order chi connectivity index (χ1) is 48.9. The van der Waals surface area contributed by atoms with E-state index in [1.54, 1.807) is 0 Å². The van der Waals surface area contributed by atoms with Crippen LogP contribution >= 0.6 is 0 Å². The molecule has 468 valence electrons. The smallest absolute Gasteiger partial charge is 0.252 e. The number of hydrogen-bond acceptors (Lipinski definition) is 3. The third kappa shape index (κ3) is 9.53. The number of anilines is 9. The van der Waals surface area contributed by atoms with E-state index in [0.29, 0.717) is 0 Å². The molecule has 99 heavy (non-hydrogen) atoms. The van der Waals surface area contributed by atoms with Gasteiger partial charge in [0.15, 0.2) is 16.1 Å². The Labute approximate surface area is 583 Å². The summed E-state index contributed by atoms with van der Waals surface area (Å²) in [4.78, 5) is 7.85. The quantitative estimate of drug-likeness (QED) is 0.0841. The first kappa shape index (κ1) is 59.7. The normalized spacial score (nSPS) is 13.4. The van der Waals surface area contributed by atoms with Gasteiger partial charge in [0, 0.05) is 39.4 Å². The van der Waals surface area contributed by atoms with Gasteiger partial charge in [0.1, 0.15) is 0 Å². The van der Waals surface area contributed by atoms with Crippen LogP contribution < -0.4 is 72.6 Å². The topological polar surface area (TPSA) is 9.72 Å². The molecule has 18 rings (SSSR count). The Morgan fingerprint density at radius 3 is 1.09 bits per heavy atom. The van der Waals surface area contributed by atoms with E-state index in [4.69, 9.17) is 0 Å². The van der Waals surface area contributed by atoms with Gasteiger partial charge >= 0.3 is 0 Å². The molecule has 0 unspecified atom stereocenters. The van der Waals surface area contributed by atoms with Gasteiger partial charge in [0.05, 0.1) is 22.7 Å². The van der Waals surface area contributed by atoms with Crippen LogP contribution in [0.5, 0.6) is 0 Å². The summed E-state index contributed by atoms with van der Waals surface area (Å²) in [6, 6.07) is 147. The van der Waals surface area contributed by atoms with Crippen molar-refractivity contribution in [2.75, 3.05) is 14.7 Å². The maximum Gasteiger partial charge on any atom is 0.252 e. The van der Waals surface area contributed by atoms with Crippen molar-refractivity contribution in [2.45, 2.75) is 19.3 Å². The van der Waals surface area contributed by atoms with Crippen LogP contribution in [-0.2, 0) is 5.41 Å². The second-order valence-corrected chi connectivity index (χ2v) is 34.7. The minimum absolute atomic E-state index is 0.224. The van der Waals surface area contributed by atoms with E-state index in [9.17, 15) is 0 Å². The summed E-state index contributed by atoms with van der Waals surface area (Å²) in [5.41, 5.74) is 20.9. The zero-order valence-electron chi connectivity index (χ0n) is 55.4. The van der Waals surface area contributed by atoms with Gasteiger partial charge in [-0.25, -0.2) is 0 Å². The van der Waals surface area contributed by atoms with Gasteiger partial charge in [-0.3, -0.25) is 0 Å². The van der Waals surface area contributed by atoms with Crippen LogP contribution in [0.15, 0.2) is 388 Å². The molecule has 0 saturated carbocycles. The highest BCUT2D eigenvalue weighted by Crippen LogP contribution is 2.55. The first-order valence-corrected chi connectivity index (χ1v) is 38.6. The van der Waals surface area contributed by atoms with Crippen molar-refractivity contribution >= 4 is 132 Å². The minimum Gasteiger partial charge on any atom is -0.311 e. The van der Waals surface area contributed by atoms with Gasteiger partial charge in [-0.05, 0) is 140 Å². The zero-order valence-corrected chi connectivity index (χ0v) is 57.4. The van der Waals surface area contributed by atoms with Crippen LogP contribution in [-0.4, -0.2) is 22.9 Å². The minimum atomic E-state index is -3.10. The highest BCUT2D eigenvalue weighted by Gasteiger charge is 2.49. The maximum absolute atomic E-state index is 3.10. The number of benzene rings is 15. The molecule has 0 amide bonds. The summed E-state index contributed by atoms with van der Waals surface area (Å²) in [6.07, 6.45) is 0.